The second-order valence-corrected chi connectivity index (χ2v) is 5.33. The molecule has 0 saturated heterocycles. The van der Waals surface area contributed by atoms with Gasteiger partial charge < -0.3 is 0 Å². The number of fused-ring (bicyclic) bond motifs is 1. The highest BCUT2D eigenvalue weighted by molar-refractivity contribution is 9.10. The molecule has 0 aliphatic heterocycles. The third kappa shape index (κ3) is 1.52. The van der Waals surface area contributed by atoms with Crippen LogP contribution in [0.1, 0.15) is 25.3 Å². The molecule has 0 aliphatic rings. The van der Waals surface area contributed by atoms with Gasteiger partial charge in [0.25, 0.3) is 0 Å². The number of imidazole rings is 1. The Labute approximate surface area is 103 Å². The van der Waals surface area contributed by atoms with Gasteiger partial charge in [-0.05, 0) is 23.6 Å². The lowest BCUT2D eigenvalue weighted by Crippen LogP contribution is -2.19. The van der Waals surface area contributed by atoms with Crippen LogP contribution in [-0.2, 0) is 14.1 Å². The van der Waals surface area contributed by atoms with Crippen LogP contribution in [0.4, 0.5) is 0 Å². The summed E-state index contributed by atoms with van der Waals surface area (Å²) in [6.45, 7) is 4.28. The maximum Gasteiger partial charge on any atom is 0.328 e. The molecule has 0 saturated carbocycles. The van der Waals surface area contributed by atoms with E-state index < -0.39 is 0 Å². The molecule has 4 heteroatoms. The van der Waals surface area contributed by atoms with E-state index >= 15 is 0 Å². The first-order valence-corrected chi connectivity index (χ1v) is 6.07. The summed E-state index contributed by atoms with van der Waals surface area (Å²) in [6.07, 6.45) is 0. The van der Waals surface area contributed by atoms with Crippen molar-refractivity contribution in [3.05, 3.63) is 32.7 Å². The highest BCUT2D eigenvalue weighted by Gasteiger charge is 2.14. The van der Waals surface area contributed by atoms with E-state index in [4.69, 9.17) is 0 Å². The quantitative estimate of drug-likeness (QED) is 0.790. The molecule has 0 N–H and O–H groups in total. The standard InChI is InChI=1S/C12H15BrN2O/c1-7(2)9-5-8(13)6-10-11(9)15(4)12(16)14(10)3/h5-7H,1-4H3. The normalized spacial score (nSPS) is 11.6. The Morgan fingerprint density at radius 1 is 1.19 bits per heavy atom. The van der Waals surface area contributed by atoms with Gasteiger partial charge in [-0.15, -0.1) is 0 Å². The zero-order valence-electron chi connectivity index (χ0n) is 9.91. The summed E-state index contributed by atoms with van der Waals surface area (Å²) in [5.74, 6) is 0.396. The first-order valence-electron chi connectivity index (χ1n) is 5.28. The first-order chi connectivity index (χ1) is 7.43. The monoisotopic (exact) mass is 282 g/mol. The SMILES string of the molecule is CC(C)c1cc(Br)cc2c1n(C)c(=O)n2C. The maximum absolute atomic E-state index is 11.9. The topological polar surface area (TPSA) is 26.9 Å². The van der Waals surface area contributed by atoms with Crippen LogP contribution in [0.5, 0.6) is 0 Å². The predicted molar refractivity (Wildman–Crippen MR) is 69.9 cm³/mol. The number of nitrogens with zero attached hydrogens (tertiary/aromatic N) is 2. The van der Waals surface area contributed by atoms with Crippen LogP contribution in [0, 0.1) is 0 Å². The molecule has 0 fully saturated rings. The average Bonchev–Trinajstić information content (AvgIpc) is 2.43. The summed E-state index contributed by atoms with van der Waals surface area (Å²) in [6, 6.07) is 4.08. The van der Waals surface area contributed by atoms with Gasteiger partial charge in [-0.2, -0.15) is 0 Å². The van der Waals surface area contributed by atoms with E-state index in [2.05, 4.69) is 35.8 Å². The number of benzene rings is 1. The van der Waals surface area contributed by atoms with Crippen molar-refractivity contribution in [2.45, 2.75) is 19.8 Å². The van der Waals surface area contributed by atoms with Crippen molar-refractivity contribution < 1.29 is 0 Å². The Morgan fingerprint density at radius 2 is 1.81 bits per heavy atom. The average molecular weight is 283 g/mol. The smallest absolute Gasteiger partial charge is 0.295 e. The predicted octanol–water partition coefficient (Wildman–Crippen LogP) is 2.76. The Bertz CT molecular complexity index is 607. The molecule has 86 valence electrons. The minimum Gasteiger partial charge on any atom is -0.295 e. The number of hydrogen-bond acceptors (Lipinski definition) is 1. The van der Waals surface area contributed by atoms with Gasteiger partial charge in [0.2, 0.25) is 0 Å². The molecule has 0 unspecified atom stereocenters. The minimum absolute atomic E-state index is 0.0231. The Hall–Kier alpha value is -1.03. The lowest BCUT2D eigenvalue weighted by atomic mass is 10.0. The lowest BCUT2D eigenvalue weighted by Gasteiger charge is -2.09. The molecule has 3 nitrogen and oxygen atoms in total. The molecule has 0 bridgehead atoms. The number of aromatic nitrogens is 2. The highest BCUT2D eigenvalue weighted by atomic mass is 79.9. The fraction of sp³-hybridized carbons (Fsp3) is 0.417. The number of rotatable bonds is 1. The Balaban J connectivity index is 3.02. The second kappa shape index (κ2) is 3.77. The molecule has 2 rings (SSSR count). The summed E-state index contributed by atoms with van der Waals surface area (Å²) in [5, 5.41) is 0. The summed E-state index contributed by atoms with van der Waals surface area (Å²) in [7, 11) is 3.63. The van der Waals surface area contributed by atoms with Gasteiger partial charge in [0.05, 0.1) is 11.0 Å². The largest absolute Gasteiger partial charge is 0.328 e. The van der Waals surface area contributed by atoms with Crippen molar-refractivity contribution in [3.63, 3.8) is 0 Å². The van der Waals surface area contributed by atoms with Crippen LogP contribution in [0.15, 0.2) is 21.4 Å². The van der Waals surface area contributed by atoms with Crippen molar-refractivity contribution in [2.75, 3.05) is 0 Å². The molecular weight excluding hydrogens is 268 g/mol. The molecule has 1 aromatic carbocycles. The van der Waals surface area contributed by atoms with E-state index in [1.54, 1.807) is 16.2 Å². The van der Waals surface area contributed by atoms with Gasteiger partial charge in [0.1, 0.15) is 0 Å². The van der Waals surface area contributed by atoms with Gasteiger partial charge in [0, 0.05) is 18.6 Å². The van der Waals surface area contributed by atoms with E-state index in [0.29, 0.717) is 5.92 Å². The van der Waals surface area contributed by atoms with E-state index in [-0.39, 0.29) is 5.69 Å². The number of halogens is 1. The second-order valence-electron chi connectivity index (χ2n) is 4.42. The lowest BCUT2D eigenvalue weighted by molar-refractivity contribution is 0.788. The number of hydrogen-bond donors (Lipinski definition) is 0. The van der Waals surface area contributed by atoms with Crippen LogP contribution in [0.2, 0.25) is 0 Å². The summed E-state index contributed by atoms with van der Waals surface area (Å²) in [5.41, 5.74) is 3.23. The van der Waals surface area contributed by atoms with Crippen LogP contribution < -0.4 is 5.69 Å². The van der Waals surface area contributed by atoms with Gasteiger partial charge in [-0.3, -0.25) is 9.13 Å². The Morgan fingerprint density at radius 3 is 2.38 bits per heavy atom. The first kappa shape index (κ1) is 11.5. The zero-order chi connectivity index (χ0) is 12.0. The van der Waals surface area contributed by atoms with E-state index in [0.717, 1.165) is 15.5 Å². The van der Waals surface area contributed by atoms with Crippen LogP contribution >= 0.6 is 15.9 Å². The fourth-order valence-corrected chi connectivity index (χ4v) is 2.55. The van der Waals surface area contributed by atoms with Crippen molar-refractivity contribution in [1.82, 2.24) is 9.13 Å². The Kier molecular flexibility index (Phi) is 2.70. The molecule has 0 radical (unpaired) electrons. The highest BCUT2D eigenvalue weighted by Crippen LogP contribution is 2.28. The molecule has 0 spiro atoms. The molecule has 0 amide bonds. The van der Waals surface area contributed by atoms with Crippen molar-refractivity contribution in [3.8, 4) is 0 Å². The van der Waals surface area contributed by atoms with Crippen molar-refractivity contribution >= 4 is 27.0 Å². The van der Waals surface area contributed by atoms with E-state index in [1.807, 2.05) is 13.1 Å². The van der Waals surface area contributed by atoms with Crippen LogP contribution in [0.25, 0.3) is 11.0 Å². The molecule has 16 heavy (non-hydrogen) atoms. The van der Waals surface area contributed by atoms with Crippen molar-refractivity contribution in [1.29, 1.82) is 0 Å². The summed E-state index contributed by atoms with van der Waals surface area (Å²) >= 11 is 3.49. The molecule has 0 aliphatic carbocycles. The zero-order valence-corrected chi connectivity index (χ0v) is 11.5. The van der Waals surface area contributed by atoms with Gasteiger partial charge in [0.15, 0.2) is 0 Å². The number of aryl methyl sites for hydroxylation is 2. The third-order valence-electron chi connectivity index (χ3n) is 2.98. The van der Waals surface area contributed by atoms with Gasteiger partial charge in [-0.1, -0.05) is 29.8 Å². The third-order valence-corrected chi connectivity index (χ3v) is 3.43. The fourth-order valence-electron chi connectivity index (χ4n) is 2.09. The molecule has 0 atom stereocenters. The minimum atomic E-state index is 0.0231. The van der Waals surface area contributed by atoms with Crippen LogP contribution in [-0.4, -0.2) is 9.13 Å². The molecule has 2 aromatic rings. The summed E-state index contributed by atoms with van der Waals surface area (Å²) < 4.78 is 4.42. The molecular formula is C12H15BrN2O. The van der Waals surface area contributed by atoms with Crippen molar-refractivity contribution in [2.24, 2.45) is 14.1 Å². The van der Waals surface area contributed by atoms with E-state index in [1.165, 1.54) is 5.56 Å². The molecule has 1 heterocycles. The van der Waals surface area contributed by atoms with Gasteiger partial charge >= 0.3 is 5.69 Å². The summed E-state index contributed by atoms with van der Waals surface area (Å²) in [4.78, 5) is 11.9. The van der Waals surface area contributed by atoms with Gasteiger partial charge in [-0.25, -0.2) is 4.79 Å². The molecule has 1 aromatic heterocycles. The van der Waals surface area contributed by atoms with Crippen LogP contribution in [0.3, 0.4) is 0 Å². The maximum atomic E-state index is 11.9. The van der Waals surface area contributed by atoms with E-state index in [9.17, 15) is 4.79 Å².